The van der Waals surface area contributed by atoms with Crippen LogP contribution in [0.2, 0.25) is 0 Å². The van der Waals surface area contributed by atoms with Gasteiger partial charge in [-0.05, 0) is 48.4 Å². The van der Waals surface area contributed by atoms with Gasteiger partial charge in [-0.25, -0.2) is 9.69 Å². The molecule has 190 valence electrons. The fourth-order valence-electron chi connectivity index (χ4n) is 3.70. The number of urea groups is 1. The highest BCUT2D eigenvalue weighted by atomic mass is 16.5. The summed E-state index contributed by atoms with van der Waals surface area (Å²) in [7, 11) is 3.01. The van der Waals surface area contributed by atoms with Crippen LogP contribution in [0.1, 0.15) is 16.7 Å². The second-order valence-electron chi connectivity index (χ2n) is 8.31. The molecule has 9 nitrogen and oxygen atoms in total. The molecule has 37 heavy (non-hydrogen) atoms. The minimum absolute atomic E-state index is 0.0467. The van der Waals surface area contributed by atoms with Gasteiger partial charge in [0, 0.05) is 0 Å². The smallest absolute Gasteiger partial charge is 0.329 e. The normalized spacial score (nSPS) is 13.9. The first kappa shape index (κ1) is 25.3. The fraction of sp³-hybridized carbons (Fsp3) is 0.179. The third-order valence-corrected chi connectivity index (χ3v) is 5.66. The van der Waals surface area contributed by atoms with Crippen LogP contribution in [-0.4, -0.2) is 43.5 Å². The summed E-state index contributed by atoms with van der Waals surface area (Å²) in [5.74, 6) is 0.339. The lowest BCUT2D eigenvalue weighted by Gasteiger charge is -2.13. The summed E-state index contributed by atoms with van der Waals surface area (Å²) in [6.07, 6.45) is 1.52. The number of ether oxygens (including phenoxy) is 3. The maximum Gasteiger partial charge on any atom is 0.329 e. The number of aryl methyl sites for hydroxylation is 1. The molecule has 4 amide bonds. The second kappa shape index (κ2) is 11.3. The molecule has 3 aromatic rings. The van der Waals surface area contributed by atoms with Crippen molar-refractivity contribution < 1.29 is 28.6 Å². The molecule has 1 fully saturated rings. The number of rotatable bonds is 9. The Kier molecular flexibility index (Phi) is 7.73. The number of hydrogen-bond donors (Lipinski definition) is 2. The number of carbonyl (C=O) groups excluding carboxylic acids is 3. The first-order valence-corrected chi connectivity index (χ1v) is 11.5. The zero-order valence-electron chi connectivity index (χ0n) is 20.7. The van der Waals surface area contributed by atoms with Gasteiger partial charge in [0.1, 0.15) is 24.6 Å². The lowest BCUT2D eigenvalue weighted by atomic mass is 10.1. The molecule has 0 saturated carbocycles. The van der Waals surface area contributed by atoms with E-state index in [0.717, 1.165) is 10.5 Å². The van der Waals surface area contributed by atoms with E-state index in [1.165, 1.54) is 25.9 Å². The number of nitrogens with zero attached hydrogens (tertiary/aromatic N) is 1. The van der Waals surface area contributed by atoms with Gasteiger partial charge < -0.3 is 24.8 Å². The van der Waals surface area contributed by atoms with Gasteiger partial charge in [0.15, 0.2) is 11.5 Å². The number of para-hydroxylation sites is 2. The SMILES string of the molecule is COc1ccccc1NC(=O)CN1C(=O)N/C(=C/c2ccc(OCc3ccc(C)cc3)c(OC)c2)C1=O. The minimum atomic E-state index is -0.684. The Bertz CT molecular complexity index is 1350. The minimum Gasteiger partial charge on any atom is -0.495 e. The molecule has 3 aromatic carbocycles. The highest BCUT2D eigenvalue weighted by molar-refractivity contribution is 6.16. The van der Waals surface area contributed by atoms with Gasteiger partial charge in [0.2, 0.25) is 5.91 Å². The fourth-order valence-corrected chi connectivity index (χ4v) is 3.70. The lowest BCUT2D eigenvalue weighted by molar-refractivity contribution is -0.127. The third kappa shape index (κ3) is 6.07. The summed E-state index contributed by atoms with van der Waals surface area (Å²) in [6.45, 7) is 1.95. The molecular formula is C28H27N3O6. The van der Waals surface area contributed by atoms with Crippen molar-refractivity contribution in [3.8, 4) is 17.2 Å². The molecule has 0 atom stereocenters. The zero-order chi connectivity index (χ0) is 26.4. The maximum atomic E-state index is 12.8. The van der Waals surface area contributed by atoms with Crippen LogP contribution in [-0.2, 0) is 16.2 Å². The van der Waals surface area contributed by atoms with Gasteiger partial charge in [0.05, 0.1) is 19.9 Å². The van der Waals surface area contributed by atoms with Crippen molar-refractivity contribution in [3.63, 3.8) is 0 Å². The van der Waals surface area contributed by atoms with Crippen molar-refractivity contribution in [2.24, 2.45) is 0 Å². The van der Waals surface area contributed by atoms with Crippen molar-refractivity contribution in [2.45, 2.75) is 13.5 Å². The quantitative estimate of drug-likeness (QED) is 0.338. The summed E-state index contributed by atoms with van der Waals surface area (Å²) in [4.78, 5) is 38.6. The first-order valence-electron chi connectivity index (χ1n) is 11.5. The number of anilines is 1. The molecule has 0 aromatic heterocycles. The zero-order valence-corrected chi connectivity index (χ0v) is 20.7. The van der Waals surface area contributed by atoms with Crippen LogP contribution in [0.4, 0.5) is 10.5 Å². The van der Waals surface area contributed by atoms with Gasteiger partial charge in [0.25, 0.3) is 5.91 Å². The summed E-state index contributed by atoms with van der Waals surface area (Å²) >= 11 is 0. The molecule has 1 aliphatic heterocycles. The average Bonchev–Trinajstić information content (AvgIpc) is 3.16. The molecule has 9 heteroatoms. The Labute approximate surface area is 214 Å². The Morgan fingerprint density at radius 3 is 2.41 bits per heavy atom. The largest absolute Gasteiger partial charge is 0.495 e. The van der Waals surface area contributed by atoms with Crippen LogP contribution in [0.5, 0.6) is 17.2 Å². The van der Waals surface area contributed by atoms with Crippen molar-refractivity contribution in [3.05, 3.63) is 89.1 Å². The maximum absolute atomic E-state index is 12.8. The van der Waals surface area contributed by atoms with Gasteiger partial charge in [-0.3, -0.25) is 9.59 Å². The van der Waals surface area contributed by atoms with Crippen molar-refractivity contribution >= 4 is 29.6 Å². The molecule has 0 spiro atoms. The summed E-state index contributed by atoms with van der Waals surface area (Å²) in [6, 6.07) is 19.4. The Hall–Kier alpha value is -4.79. The first-order chi connectivity index (χ1) is 17.9. The number of hydrogen-bond acceptors (Lipinski definition) is 6. The van der Waals surface area contributed by atoms with E-state index in [4.69, 9.17) is 14.2 Å². The van der Waals surface area contributed by atoms with Crippen LogP contribution in [0.25, 0.3) is 6.08 Å². The third-order valence-electron chi connectivity index (χ3n) is 5.66. The van der Waals surface area contributed by atoms with Crippen LogP contribution in [0.3, 0.4) is 0 Å². The van der Waals surface area contributed by atoms with Gasteiger partial charge in [-0.1, -0.05) is 48.0 Å². The van der Waals surface area contributed by atoms with Crippen LogP contribution >= 0.6 is 0 Å². The molecule has 1 saturated heterocycles. The number of carbonyl (C=O) groups is 3. The summed E-state index contributed by atoms with van der Waals surface area (Å²) < 4.78 is 16.6. The number of amides is 4. The van der Waals surface area contributed by atoms with Crippen molar-refractivity contribution in [1.82, 2.24) is 10.2 Å². The van der Waals surface area contributed by atoms with E-state index in [9.17, 15) is 14.4 Å². The van der Waals surface area contributed by atoms with Crippen molar-refractivity contribution in [2.75, 3.05) is 26.1 Å². The molecule has 0 unspecified atom stereocenters. The van der Waals surface area contributed by atoms with E-state index in [0.29, 0.717) is 35.1 Å². The van der Waals surface area contributed by atoms with E-state index in [2.05, 4.69) is 10.6 Å². The van der Waals surface area contributed by atoms with E-state index >= 15 is 0 Å². The lowest BCUT2D eigenvalue weighted by Crippen LogP contribution is -2.38. The second-order valence-corrected chi connectivity index (χ2v) is 8.31. The van der Waals surface area contributed by atoms with Crippen molar-refractivity contribution in [1.29, 1.82) is 0 Å². The standard InChI is InChI=1S/C28H27N3O6/c1-18-8-10-19(11-9-18)17-37-24-13-12-20(15-25(24)36-3)14-22-27(33)31(28(34)30-22)16-26(32)29-21-6-4-5-7-23(21)35-2/h4-15H,16-17H2,1-3H3,(H,29,32)(H,30,34)/b22-14+. The summed E-state index contributed by atoms with van der Waals surface area (Å²) in [5.41, 5.74) is 3.29. The molecule has 0 radical (unpaired) electrons. The van der Waals surface area contributed by atoms with Crippen LogP contribution in [0, 0.1) is 6.92 Å². The predicted octanol–water partition coefficient (Wildman–Crippen LogP) is 4.12. The van der Waals surface area contributed by atoms with Gasteiger partial charge in [-0.2, -0.15) is 0 Å². The Morgan fingerprint density at radius 2 is 1.68 bits per heavy atom. The number of benzene rings is 3. The van der Waals surface area contributed by atoms with E-state index in [1.54, 1.807) is 42.5 Å². The molecule has 4 rings (SSSR count). The van der Waals surface area contributed by atoms with Crippen LogP contribution in [0.15, 0.2) is 72.4 Å². The molecule has 1 heterocycles. The van der Waals surface area contributed by atoms with Gasteiger partial charge in [-0.15, -0.1) is 0 Å². The number of methoxy groups -OCH3 is 2. The monoisotopic (exact) mass is 501 g/mol. The molecule has 1 aliphatic rings. The average molecular weight is 502 g/mol. The molecule has 2 N–H and O–H groups in total. The molecular weight excluding hydrogens is 474 g/mol. The predicted molar refractivity (Wildman–Crippen MR) is 138 cm³/mol. The summed E-state index contributed by atoms with van der Waals surface area (Å²) in [5, 5.41) is 5.17. The van der Waals surface area contributed by atoms with E-state index in [-0.39, 0.29) is 5.70 Å². The highest BCUT2D eigenvalue weighted by Gasteiger charge is 2.35. The Balaban J connectivity index is 1.43. The number of nitrogens with one attached hydrogen (secondary N) is 2. The van der Waals surface area contributed by atoms with Gasteiger partial charge >= 0.3 is 6.03 Å². The molecule has 0 bridgehead atoms. The van der Waals surface area contributed by atoms with E-state index < -0.39 is 24.4 Å². The number of imide groups is 1. The van der Waals surface area contributed by atoms with E-state index in [1.807, 2.05) is 31.2 Å². The van der Waals surface area contributed by atoms with Crippen LogP contribution < -0.4 is 24.8 Å². The molecule has 0 aliphatic carbocycles. The Morgan fingerprint density at radius 1 is 0.946 bits per heavy atom. The highest BCUT2D eigenvalue weighted by Crippen LogP contribution is 2.30. The topological polar surface area (TPSA) is 106 Å².